The molecule has 0 unspecified atom stereocenters. The van der Waals surface area contributed by atoms with Crippen LogP contribution < -0.4 is 5.32 Å². The minimum atomic E-state index is -0.836. The van der Waals surface area contributed by atoms with Gasteiger partial charge in [-0.3, -0.25) is 4.79 Å². The van der Waals surface area contributed by atoms with Gasteiger partial charge in [-0.2, -0.15) is 0 Å². The van der Waals surface area contributed by atoms with Gasteiger partial charge < -0.3 is 10.1 Å². The molecule has 136 valence electrons. The molecule has 0 radical (unpaired) electrons. The monoisotopic (exact) mass is 369 g/mol. The number of hydrogen-bond donors (Lipinski definition) is 1. The second-order valence-corrected chi connectivity index (χ2v) is 7.31. The first kappa shape index (κ1) is 18.5. The summed E-state index contributed by atoms with van der Waals surface area (Å²) >= 11 is 1.61. The van der Waals surface area contributed by atoms with Crippen LogP contribution in [0.25, 0.3) is 0 Å². The highest BCUT2D eigenvalue weighted by Gasteiger charge is 2.25. The van der Waals surface area contributed by atoms with Crippen molar-refractivity contribution < 1.29 is 14.3 Å². The van der Waals surface area contributed by atoms with Crippen LogP contribution in [0, 0.1) is 0 Å². The molecule has 2 aromatic carbocycles. The van der Waals surface area contributed by atoms with Crippen molar-refractivity contribution in [3.05, 3.63) is 65.2 Å². The van der Waals surface area contributed by atoms with E-state index in [1.807, 2.05) is 30.5 Å². The van der Waals surface area contributed by atoms with E-state index in [-0.39, 0.29) is 11.9 Å². The summed E-state index contributed by atoms with van der Waals surface area (Å²) in [5.41, 5.74) is 2.89. The topological polar surface area (TPSA) is 55.4 Å². The largest absolute Gasteiger partial charge is 0.449 e. The van der Waals surface area contributed by atoms with Crippen molar-refractivity contribution in [3.63, 3.8) is 0 Å². The third-order valence-electron chi connectivity index (χ3n) is 4.66. The summed E-state index contributed by atoms with van der Waals surface area (Å²) in [6.07, 6.45) is 4.12. The van der Waals surface area contributed by atoms with E-state index in [1.165, 1.54) is 11.1 Å². The first-order chi connectivity index (χ1) is 12.6. The highest BCUT2D eigenvalue weighted by molar-refractivity contribution is 7.98. The molecule has 1 N–H and O–H groups in total. The second-order valence-electron chi connectivity index (χ2n) is 6.43. The van der Waals surface area contributed by atoms with Crippen LogP contribution in [-0.4, -0.2) is 24.2 Å². The molecule has 1 aliphatic carbocycles. The highest BCUT2D eigenvalue weighted by Crippen LogP contribution is 2.29. The fraction of sp³-hybridized carbons (Fsp3) is 0.333. The lowest BCUT2D eigenvalue weighted by molar-refractivity contribution is -0.130. The summed E-state index contributed by atoms with van der Waals surface area (Å²) in [4.78, 5) is 25.8. The van der Waals surface area contributed by atoms with Crippen molar-refractivity contribution in [2.24, 2.45) is 0 Å². The van der Waals surface area contributed by atoms with Gasteiger partial charge in [0.1, 0.15) is 0 Å². The zero-order valence-corrected chi connectivity index (χ0v) is 15.8. The Morgan fingerprint density at radius 2 is 1.88 bits per heavy atom. The van der Waals surface area contributed by atoms with Gasteiger partial charge in [0.05, 0.1) is 11.6 Å². The molecular weight excluding hydrogens is 346 g/mol. The van der Waals surface area contributed by atoms with E-state index in [0.717, 1.165) is 24.2 Å². The van der Waals surface area contributed by atoms with Gasteiger partial charge in [-0.15, -0.1) is 11.8 Å². The molecule has 5 heteroatoms. The van der Waals surface area contributed by atoms with Gasteiger partial charge in [0.25, 0.3) is 5.91 Å². The lowest BCUT2D eigenvalue weighted by atomic mass is 9.87. The Balaban J connectivity index is 1.60. The lowest BCUT2D eigenvalue weighted by Crippen LogP contribution is -2.39. The Morgan fingerprint density at radius 1 is 1.15 bits per heavy atom. The van der Waals surface area contributed by atoms with Crippen LogP contribution in [0.15, 0.2) is 53.4 Å². The number of benzene rings is 2. The number of nitrogens with one attached hydrogen (secondary N) is 1. The van der Waals surface area contributed by atoms with Crippen molar-refractivity contribution in [3.8, 4) is 0 Å². The fourth-order valence-corrected chi connectivity index (χ4v) is 3.61. The number of carbonyl (C=O) groups is 2. The number of thioether (sulfide) groups is 1. The van der Waals surface area contributed by atoms with Crippen molar-refractivity contribution in [1.29, 1.82) is 0 Å². The Labute approximate surface area is 158 Å². The third kappa shape index (κ3) is 4.28. The minimum absolute atomic E-state index is 0.0190. The maximum atomic E-state index is 12.5. The molecule has 0 saturated carbocycles. The van der Waals surface area contributed by atoms with E-state index in [4.69, 9.17) is 4.74 Å². The van der Waals surface area contributed by atoms with E-state index in [0.29, 0.717) is 5.56 Å². The average molecular weight is 369 g/mol. The zero-order valence-electron chi connectivity index (χ0n) is 15.0. The molecule has 0 fully saturated rings. The van der Waals surface area contributed by atoms with Crippen LogP contribution in [0.5, 0.6) is 0 Å². The van der Waals surface area contributed by atoms with E-state index in [2.05, 4.69) is 17.4 Å². The fourth-order valence-electron chi connectivity index (χ4n) is 3.20. The number of ether oxygens (including phenoxy) is 1. The maximum Gasteiger partial charge on any atom is 0.338 e. The minimum Gasteiger partial charge on any atom is -0.449 e. The van der Waals surface area contributed by atoms with Crippen molar-refractivity contribution in [1.82, 2.24) is 5.32 Å². The number of esters is 1. The summed E-state index contributed by atoms with van der Waals surface area (Å²) in [5, 5.41) is 3.03. The molecule has 2 atom stereocenters. The standard InChI is InChI=1S/C21H23NO3S/c1-14(25-21(24)16-10-12-17(26-2)13-11-16)20(23)22-19-9-5-7-15-6-3-4-8-18(15)19/h3-4,6,8,10-14,19H,5,7,9H2,1-2H3,(H,22,23)/t14-,19-/m1/s1. The van der Waals surface area contributed by atoms with Gasteiger partial charge in [-0.05, 0) is 67.8 Å². The van der Waals surface area contributed by atoms with Crippen LogP contribution in [0.3, 0.4) is 0 Å². The van der Waals surface area contributed by atoms with Crippen molar-refractivity contribution in [2.75, 3.05) is 6.26 Å². The summed E-state index contributed by atoms with van der Waals surface area (Å²) in [7, 11) is 0. The Hall–Kier alpha value is -2.27. The number of carbonyl (C=O) groups excluding carboxylic acids is 2. The predicted octanol–water partition coefficient (Wildman–Crippen LogP) is 4.15. The van der Waals surface area contributed by atoms with Gasteiger partial charge >= 0.3 is 5.97 Å². The molecule has 3 rings (SSSR count). The van der Waals surface area contributed by atoms with Gasteiger partial charge in [0.15, 0.2) is 6.10 Å². The first-order valence-corrected chi connectivity index (χ1v) is 10.0. The molecule has 0 spiro atoms. The van der Waals surface area contributed by atoms with Crippen molar-refractivity contribution in [2.45, 2.75) is 43.2 Å². The molecule has 1 amide bonds. The SMILES string of the molecule is CSc1ccc(C(=O)O[C@H](C)C(=O)N[C@@H]2CCCc3ccccc32)cc1. The zero-order chi connectivity index (χ0) is 18.5. The average Bonchev–Trinajstić information content (AvgIpc) is 2.68. The van der Waals surface area contributed by atoms with E-state index in [9.17, 15) is 9.59 Å². The van der Waals surface area contributed by atoms with Crippen LogP contribution in [-0.2, 0) is 16.0 Å². The van der Waals surface area contributed by atoms with Gasteiger partial charge in [-0.25, -0.2) is 4.79 Å². The molecule has 0 aliphatic heterocycles. The second kappa shape index (κ2) is 8.41. The number of amides is 1. The van der Waals surface area contributed by atoms with Crippen LogP contribution >= 0.6 is 11.8 Å². The Bertz CT molecular complexity index is 788. The number of hydrogen-bond acceptors (Lipinski definition) is 4. The van der Waals surface area contributed by atoms with Crippen LogP contribution in [0.2, 0.25) is 0 Å². The molecule has 26 heavy (non-hydrogen) atoms. The molecule has 0 heterocycles. The molecule has 0 saturated heterocycles. The highest BCUT2D eigenvalue weighted by atomic mass is 32.2. The first-order valence-electron chi connectivity index (χ1n) is 8.81. The van der Waals surface area contributed by atoms with E-state index in [1.54, 1.807) is 30.8 Å². The Kier molecular flexibility index (Phi) is 5.99. The number of fused-ring (bicyclic) bond motifs is 1. The summed E-state index contributed by atoms with van der Waals surface area (Å²) in [5.74, 6) is -0.745. The molecule has 4 nitrogen and oxygen atoms in total. The molecule has 0 bridgehead atoms. The number of rotatable bonds is 5. The third-order valence-corrected chi connectivity index (χ3v) is 5.41. The molecular formula is C21H23NO3S. The quantitative estimate of drug-likeness (QED) is 0.635. The van der Waals surface area contributed by atoms with Gasteiger partial charge in [-0.1, -0.05) is 24.3 Å². The summed E-state index contributed by atoms with van der Waals surface area (Å²) < 4.78 is 5.34. The predicted molar refractivity (Wildman–Crippen MR) is 103 cm³/mol. The maximum absolute atomic E-state index is 12.5. The van der Waals surface area contributed by atoms with Crippen LogP contribution in [0.1, 0.15) is 47.3 Å². The smallest absolute Gasteiger partial charge is 0.338 e. The molecule has 0 aromatic heterocycles. The lowest BCUT2D eigenvalue weighted by Gasteiger charge is -2.27. The Morgan fingerprint density at radius 3 is 2.62 bits per heavy atom. The van der Waals surface area contributed by atoms with Crippen molar-refractivity contribution >= 4 is 23.6 Å². The molecule has 2 aromatic rings. The van der Waals surface area contributed by atoms with Gasteiger partial charge in [0.2, 0.25) is 0 Å². The number of aryl methyl sites for hydroxylation is 1. The van der Waals surface area contributed by atoms with Gasteiger partial charge in [0, 0.05) is 4.90 Å². The van der Waals surface area contributed by atoms with E-state index < -0.39 is 12.1 Å². The summed E-state index contributed by atoms with van der Waals surface area (Å²) in [6, 6.07) is 15.3. The normalized spacial score (nSPS) is 17.1. The van der Waals surface area contributed by atoms with E-state index >= 15 is 0 Å². The van der Waals surface area contributed by atoms with Crippen LogP contribution in [0.4, 0.5) is 0 Å². The molecule has 1 aliphatic rings. The summed E-state index contributed by atoms with van der Waals surface area (Å²) in [6.45, 7) is 1.61.